The van der Waals surface area contributed by atoms with Crippen LogP contribution in [0.25, 0.3) is 0 Å². The van der Waals surface area contributed by atoms with Crippen LogP contribution in [0.15, 0.2) is 0 Å². The second-order valence-corrected chi connectivity index (χ2v) is 4.45. The number of piperidine rings is 1. The van der Waals surface area contributed by atoms with Gasteiger partial charge in [0.2, 0.25) is 5.91 Å². The van der Waals surface area contributed by atoms with Crippen LogP contribution in [0.1, 0.15) is 26.7 Å². The van der Waals surface area contributed by atoms with Gasteiger partial charge in [-0.2, -0.15) is 5.26 Å². The normalized spacial score (nSPS) is 22.2. The first-order valence-electron chi connectivity index (χ1n) is 6.08. The van der Waals surface area contributed by atoms with Gasteiger partial charge in [-0.25, -0.2) is 0 Å². The molecule has 1 unspecified atom stereocenters. The van der Waals surface area contributed by atoms with E-state index in [0.29, 0.717) is 13.1 Å². The van der Waals surface area contributed by atoms with Crippen molar-refractivity contribution >= 4 is 5.91 Å². The first-order valence-corrected chi connectivity index (χ1v) is 6.08. The van der Waals surface area contributed by atoms with Gasteiger partial charge in [-0.05, 0) is 33.2 Å². The number of carbonyl (C=O) groups is 1. The number of hydrogen-bond acceptors (Lipinski definition) is 3. The molecule has 4 nitrogen and oxygen atoms in total. The minimum atomic E-state index is -0.0829. The molecule has 1 heterocycles. The maximum Gasteiger partial charge on any atom is 0.226 e. The van der Waals surface area contributed by atoms with Gasteiger partial charge in [-0.3, -0.25) is 4.79 Å². The molecule has 16 heavy (non-hydrogen) atoms. The minimum Gasteiger partial charge on any atom is -0.341 e. The zero-order valence-corrected chi connectivity index (χ0v) is 10.2. The number of nitrogens with one attached hydrogen (secondary N) is 1. The molecule has 90 valence electrons. The summed E-state index contributed by atoms with van der Waals surface area (Å²) in [5, 5.41) is 12.0. The van der Waals surface area contributed by atoms with Crippen molar-refractivity contribution in [3.63, 3.8) is 0 Å². The summed E-state index contributed by atoms with van der Waals surface area (Å²) in [4.78, 5) is 14.0. The van der Waals surface area contributed by atoms with Gasteiger partial charge in [0.1, 0.15) is 0 Å². The van der Waals surface area contributed by atoms with E-state index in [0.717, 1.165) is 25.9 Å². The molecule has 0 spiro atoms. The van der Waals surface area contributed by atoms with E-state index < -0.39 is 0 Å². The summed E-state index contributed by atoms with van der Waals surface area (Å²) in [6.45, 7) is 6.89. The maximum absolute atomic E-state index is 12.2. The lowest BCUT2D eigenvalue weighted by atomic mass is 9.97. The van der Waals surface area contributed by atoms with Crippen LogP contribution in [-0.2, 0) is 4.79 Å². The first kappa shape index (κ1) is 13.0. The van der Waals surface area contributed by atoms with Gasteiger partial charge in [-0.15, -0.1) is 0 Å². The summed E-state index contributed by atoms with van der Waals surface area (Å²) in [5.74, 6) is 0.233. The molecule has 1 rings (SSSR count). The van der Waals surface area contributed by atoms with Crippen LogP contribution in [0.2, 0.25) is 0 Å². The molecule has 0 radical (unpaired) electrons. The lowest BCUT2D eigenvalue weighted by molar-refractivity contribution is -0.136. The molecule has 0 bridgehead atoms. The van der Waals surface area contributed by atoms with Crippen LogP contribution in [0, 0.1) is 23.2 Å². The summed E-state index contributed by atoms with van der Waals surface area (Å²) in [5.41, 5.74) is 0. The van der Waals surface area contributed by atoms with Crippen molar-refractivity contribution in [2.45, 2.75) is 26.7 Å². The van der Waals surface area contributed by atoms with Gasteiger partial charge < -0.3 is 10.2 Å². The van der Waals surface area contributed by atoms with Crippen LogP contribution < -0.4 is 5.32 Å². The fourth-order valence-electron chi connectivity index (χ4n) is 2.07. The smallest absolute Gasteiger partial charge is 0.226 e. The van der Waals surface area contributed by atoms with Crippen LogP contribution >= 0.6 is 0 Å². The molecule has 0 aromatic carbocycles. The average molecular weight is 223 g/mol. The van der Waals surface area contributed by atoms with Gasteiger partial charge in [0.25, 0.3) is 0 Å². The molecule has 1 amide bonds. The largest absolute Gasteiger partial charge is 0.341 e. The molecule has 4 heteroatoms. The number of rotatable bonds is 4. The highest BCUT2D eigenvalue weighted by Gasteiger charge is 2.25. The van der Waals surface area contributed by atoms with Crippen molar-refractivity contribution in [1.29, 1.82) is 5.26 Å². The zero-order valence-electron chi connectivity index (χ0n) is 10.2. The Hall–Kier alpha value is -1.08. The number of carbonyl (C=O) groups excluding carboxylic acids is 1. The molecule has 1 fully saturated rings. The highest BCUT2D eigenvalue weighted by Crippen LogP contribution is 2.14. The number of nitrogens with zero attached hydrogens (tertiary/aromatic N) is 2. The Kier molecular flexibility index (Phi) is 5.27. The lowest BCUT2D eigenvalue weighted by Crippen LogP contribution is -2.44. The highest BCUT2D eigenvalue weighted by atomic mass is 16.2. The Labute approximate surface area is 97.6 Å². The molecule has 1 saturated heterocycles. The third kappa shape index (κ3) is 3.49. The van der Waals surface area contributed by atoms with E-state index in [4.69, 9.17) is 5.26 Å². The van der Waals surface area contributed by atoms with E-state index in [2.05, 4.69) is 11.4 Å². The van der Waals surface area contributed by atoms with Crippen molar-refractivity contribution in [1.82, 2.24) is 10.2 Å². The maximum atomic E-state index is 12.2. The topological polar surface area (TPSA) is 56.1 Å². The van der Waals surface area contributed by atoms with E-state index in [1.807, 2.05) is 18.7 Å². The molecule has 0 saturated carbocycles. The Balaban J connectivity index is 2.51. The van der Waals surface area contributed by atoms with E-state index >= 15 is 0 Å². The Morgan fingerprint density at radius 2 is 2.44 bits per heavy atom. The molecule has 1 aliphatic heterocycles. The van der Waals surface area contributed by atoms with E-state index in [1.165, 1.54) is 0 Å². The third-order valence-corrected chi connectivity index (χ3v) is 3.05. The monoisotopic (exact) mass is 223 g/mol. The van der Waals surface area contributed by atoms with Gasteiger partial charge in [0, 0.05) is 19.6 Å². The quantitative estimate of drug-likeness (QED) is 0.773. The van der Waals surface area contributed by atoms with Gasteiger partial charge in [-0.1, -0.05) is 0 Å². The highest BCUT2D eigenvalue weighted by molar-refractivity contribution is 5.79. The molecule has 0 aromatic rings. The Bertz CT molecular complexity index is 266. The van der Waals surface area contributed by atoms with E-state index in [9.17, 15) is 4.79 Å². The first-order chi connectivity index (χ1) is 7.69. The zero-order chi connectivity index (χ0) is 12.0. The summed E-state index contributed by atoms with van der Waals surface area (Å²) >= 11 is 0. The lowest BCUT2D eigenvalue weighted by Gasteiger charge is -2.29. The predicted octanol–water partition coefficient (Wildman–Crippen LogP) is 0.994. The van der Waals surface area contributed by atoms with Crippen LogP contribution in [0.5, 0.6) is 0 Å². The summed E-state index contributed by atoms with van der Waals surface area (Å²) in [7, 11) is 0. The molecule has 0 aromatic heterocycles. The number of hydrogen-bond donors (Lipinski definition) is 1. The van der Waals surface area contributed by atoms with E-state index in [-0.39, 0.29) is 17.7 Å². The van der Waals surface area contributed by atoms with Gasteiger partial charge >= 0.3 is 0 Å². The van der Waals surface area contributed by atoms with Crippen molar-refractivity contribution < 1.29 is 4.79 Å². The van der Waals surface area contributed by atoms with Crippen LogP contribution in [0.4, 0.5) is 0 Å². The third-order valence-electron chi connectivity index (χ3n) is 3.05. The van der Waals surface area contributed by atoms with E-state index in [1.54, 1.807) is 0 Å². The predicted molar refractivity (Wildman–Crippen MR) is 62.6 cm³/mol. The Morgan fingerprint density at radius 1 is 1.69 bits per heavy atom. The van der Waals surface area contributed by atoms with Gasteiger partial charge in [0.15, 0.2) is 0 Å². The molecule has 1 N–H and O–H groups in total. The number of amides is 1. The van der Waals surface area contributed by atoms with Crippen molar-refractivity contribution in [2.75, 3.05) is 26.2 Å². The van der Waals surface area contributed by atoms with Crippen LogP contribution in [0.3, 0.4) is 0 Å². The van der Waals surface area contributed by atoms with Crippen molar-refractivity contribution in [2.24, 2.45) is 11.8 Å². The van der Waals surface area contributed by atoms with Crippen molar-refractivity contribution in [3.05, 3.63) is 0 Å². The Morgan fingerprint density at radius 3 is 2.94 bits per heavy atom. The molecular formula is C12H21N3O. The summed E-state index contributed by atoms with van der Waals surface area (Å²) in [6, 6.07) is 2.18. The standard InChI is InChI=1S/C12H21N3O/c1-3-15(9-10(2)7-13)12(16)11-5-4-6-14-8-11/h10-11,14H,3-6,8-9H2,1-2H3/t10?,11-/m0/s1. The molecule has 1 aliphatic rings. The van der Waals surface area contributed by atoms with Crippen LogP contribution in [-0.4, -0.2) is 37.0 Å². The fourth-order valence-corrected chi connectivity index (χ4v) is 2.07. The summed E-state index contributed by atoms with van der Waals surface area (Å²) in [6.07, 6.45) is 2.05. The molecule has 0 aliphatic carbocycles. The summed E-state index contributed by atoms with van der Waals surface area (Å²) < 4.78 is 0. The minimum absolute atomic E-state index is 0.0829. The van der Waals surface area contributed by atoms with Gasteiger partial charge in [0.05, 0.1) is 17.9 Å². The fraction of sp³-hybridized carbons (Fsp3) is 0.833. The average Bonchev–Trinajstić information content (AvgIpc) is 2.35. The van der Waals surface area contributed by atoms with Crippen molar-refractivity contribution in [3.8, 4) is 6.07 Å². The second-order valence-electron chi connectivity index (χ2n) is 4.45. The SMILES string of the molecule is CCN(CC(C)C#N)C(=O)[C@H]1CCCNC1. The number of nitriles is 1. The molecular weight excluding hydrogens is 202 g/mol. The molecule has 2 atom stereocenters. The second kappa shape index (κ2) is 6.49.